The molecule has 5 heteroatoms. The molecule has 0 bridgehead atoms. The highest BCUT2D eigenvalue weighted by molar-refractivity contribution is 7.80. The van der Waals surface area contributed by atoms with Gasteiger partial charge in [-0.2, -0.15) is 5.10 Å². The highest BCUT2D eigenvalue weighted by Gasteiger charge is 2.05. The summed E-state index contributed by atoms with van der Waals surface area (Å²) in [5, 5.41) is 11.3. The minimum Gasteiger partial charge on any atom is -0.362 e. The summed E-state index contributed by atoms with van der Waals surface area (Å²) >= 11 is 5.20. The van der Waals surface area contributed by atoms with Crippen molar-refractivity contribution < 1.29 is 0 Å². The molecule has 0 amide bonds. The lowest BCUT2D eigenvalue weighted by molar-refractivity contribution is 0.627. The maximum atomic E-state index is 5.20. The van der Waals surface area contributed by atoms with Crippen LogP contribution in [0.1, 0.15) is 26.5 Å². The van der Waals surface area contributed by atoms with Gasteiger partial charge in [0.25, 0.3) is 0 Å². The SMILES string of the molecule is CCn1cc(NC(=S)NCC(C)C)c(C)n1. The van der Waals surface area contributed by atoms with E-state index >= 15 is 0 Å². The van der Waals surface area contributed by atoms with Crippen molar-refractivity contribution >= 4 is 23.0 Å². The average molecular weight is 240 g/mol. The van der Waals surface area contributed by atoms with Gasteiger partial charge in [0.05, 0.1) is 11.4 Å². The lowest BCUT2D eigenvalue weighted by Crippen LogP contribution is -2.31. The molecule has 2 N–H and O–H groups in total. The Kier molecular flexibility index (Phi) is 4.73. The molecule has 1 aromatic rings. The summed E-state index contributed by atoms with van der Waals surface area (Å²) in [6.07, 6.45) is 1.97. The molecule has 0 spiro atoms. The lowest BCUT2D eigenvalue weighted by atomic mass is 10.2. The third-order valence-electron chi connectivity index (χ3n) is 2.19. The van der Waals surface area contributed by atoms with Crippen molar-refractivity contribution in [2.24, 2.45) is 5.92 Å². The normalized spacial score (nSPS) is 10.6. The Morgan fingerprint density at radius 2 is 2.25 bits per heavy atom. The van der Waals surface area contributed by atoms with Crippen molar-refractivity contribution in [2.45, 2.75) is 34.2 Å². The Bertz CT molecular complexity index is 357. The fraction of sp³-hybridized carbons (Fsp3) is 0.636. The molecule has 0 aromatic carbocycles. The number of hydrogen-bond acceptors (Lipinski definition) is 2. The van der Waals surface area contributed by atoms with Gasteiger partial charge in [-0.1, -0.05) is 13.8 Å². The van der Waals surface area contributed by atoms with Gasteiger partial charge in [-0.3, -0.25) is 4.68 Å². The van der Waals surface area contributed by atoms with E-state index in [1.807, 2.05) is 17.8 Å². The molecule has 1 aromatic heterocycles. The molecule has 16 heavy (non-hydrogen) atoms. The van der Waals surface area contributed by atoms with E-state index in [2.05, 4.69) is 36.5 Å². The van der Waals surface area contributed by atoms with Crippen molar-refractivity contribution in [1.82, 2.24) is 15.1 Å². The molecule has 0 atom stereocenters. The van der Waals surface area contributed by atoms with E-state index in [9.17, 15) is 0 Å². The van der Waals surface area contributed by atoms with E-state index < -0.39 is 0 Å². The van der Waals surface area contributed by atoms with Gasteiger partial charge in [0.1, 0.15) is 0 Å². The number of aromatic nitrogens is 2. The second-order valence-corrected chi connectivity index (χ2v) is 4.62. The average Bonchev–Trinajstić information content (AvgIpc) is 2.57. The summed E-state index contributed by atoms with van der Waals surface area (Å²) in [6.45, 7) is 10.1. The van der Waals surface area contributed by atoms with Gasteiger partial charge in [0.15, 0.2) is 5.11 Å². The molecule has 4 nitrogen and oxygen atoms in total. The van der Waals surface area contributed by atoms with Crippen LogP contribution in [0.2, 0.25) is 0 Å². The smallest absolute Gasteiger partial charge is 0.170 e. The van der Waals surface area contributed by atoms with Crippen molar-refractivity contribution in [3.8, 4) is 0 Å². The number of aryl methyl sites for hydroxylation is 2. The Labute approximate surface area is 102 Å². The summed E-state index contributed by atoms with van der Waals surface area (Å²) in [4.78, 5) is 0. The maximum absolute atomic E-state index is 5.20. The van der Waals surface area contributed by atoms with Gasteiger partial charge >= 0.3 is 0 Å². The van der Waals surface area contributed by atoms with Crippen LogP contribution >= 0.6 is 12.2 Å². The topological polar surface area (TPSA) is 41.9 Å². The van der Waals surface area contributed by atoms with Crippen LogP contribution in [0.25, 0.3) is 0 Å². The maximum Gasteiger partial charge on any atom is 0.170 e. The van der Waals surface area contributed by atoms with E-state index in [-0.39, 0.29) is 0 Å². The van der Waals surface area contributed by atoms with E-state index in [1.54, 1.807) is 0 Å². The van der Waals surface area contributed by atoms with Crippen LogP contribution < -0.4 is 10.6 Å². The van der Waals surface area contributed by atoms with Crippen LogP contribution in [0.3, 0.4) is 0 Å². The molecule has 0 aliphatic rings. The summed E-state index contributed by atoms with van der Waals surface area (Å²) in [5.41, 5.74) is 1.94. The van der Waals surface area contributed by atoms with Gasteiger partial charge in [-0.05, 0) is 32.0 Å². The van der Waals surface area contributed by atoms with Gasteiger partial charge in [-0.25, -0.2) is 0 Å². The van der Waals surface area contributed by atoms with Crippen LogP contribution in [0.5, 0.6) is 0 Å². The number of thiocarbonyl (C=S) groups is 1. The first-order chi connectivity index (χ1) is 7.52. The van der Waals surface area contributed by atoms with E-state index in [0.717, 1.165) is 24.5 Å². The second-order valence-electron chi connectivity index (χ2n) is 4.21. The summed E-state index contributed by atoms with van der Waals surface area (Å²) in [7, 11) is 0. The first-order valence-corrected chi connectivity index (χ1v) is 6.02. The Hall–Kier alpha value is -1.10. The third-order valence-corrected chi connectivity index (χ3v) is 2.44. The number of nitrogens with zero attached hydrogens (tertiary/aromatic N) is 2. The van der Waals surface area contributed by atoms with Crippen molar-refractivity contribution in [3.05, 3.63) is 11.9 Å². The lowest BCUT2D eigenvalue weighted by Gasteiger charge is -2.11. The molecule has 1 heterocycles. The quantitative estimate of drug-likeness (QED) is 0.791. The zero-order valence-electron chi connectivity index (χ0n) is 10.4. The zero-order chi connectivity index (χ0) is 12.1. The molecule has 0 unspecified atom stereocenters. The molecule has 0 aliphatic carbocycles. The molecule has 0 fully saturated rings. The predicted molar refractivity (Wildman–Crippen MR) is 71.7 cm³/mol. The summed E-state index contributed by atoms with van der Waals surface area (Å²) in [5.74, 6) is 0.583. The van der Waals surface area contributed by atoms with Gasteiger partial charge in [0.2, 0.25) is 0 Å². The number of hydrogen-bond donors (Lipinski definition) is 2. The monoisotopic (exact) mass is 240 g/mol. The van der Waals surface area contributed by atoms with E-state index in [1.165, 1.54) is 0 Å². The fourth-order valence-corrected chi connectivity index (χ4v) is 1.46. The highest BCUT2D eigenvalue weighted by Crippen LogP contribution is 2.11. The minimum absolute atomic E-state index is 0.583. The number of anilines is 1. The summed E-state index contributed by atoms with van der Waals surface area (Å²) in [6, 6.07) is 0. The van der Waals surface area contributed by atoms with Crippen molar-refractivity contribution in [2.75, 3.05) is 11.9 Å². The first kappa shape index (κ1) is 13.0. The Balaban J connectivity index is 2.52. The van der Waals surface area contributed by atoms with E-state index in [4.69, 9.17) is 12.2 Å². The summed E-state index contributed by atoms with van der Waals surface area (Å²) < 4.78 is 1.89. The molecule has 0 radical (unpaired) electrons. The fourth-order valence-electron chi connectivity index (χ4n) is 1.27. The van der Waals surface area contributed by atoms with Gasteiger partial charge in [0, 0.05) is 19.3 Å². The molecule has 90 valence electrons. The Morgan fingerprint density at radius 3 is 2.75 bits per heavy atom. The molecule has 1 rings (SSSR count). The van der Waals surface area contributed by atoms with Crippen LogP contribution in [-0.4, -0.2) is 21.4 Å². The predicted octanol–water partition coefficient (Wildman–Crippen LogP) is 2.15. The molecule has 0 aliphatic heterocycles. The van der Waals surface area contributed by atoms with Crippen LogP contribution in [0.4, 0.5) is 5.69 Å². The Morgan fingerprint density at radius 1 is 1.56 bits per heavy atom. The van der Waals surface area contributed by atoms with Crippen LogP contribution in [-0.2, 0) is 6.54 Å². The standard InChI is InChI=1S/C11H20N4S/c1-5-15-7-10(9(4)14-15)13-11(16)12-6-8(2)3/h7-8H,5-6H2,1-4H3,(H2,12,13,16). The first-order valence-electron chi connectivity index (χ1n) is 5.61. The molecule has 0 saturated carbocycles. The largest absolute Gasteiger partial charge is 0.362 e. The molecule has 0 saturated heterocycles. The molecular formula is C11H20N4S. The van der Waals surface area contributed by atoms with Crippen LogP contribution in [0.15, 0.2) is 6.20 Å². The number of rotatable bonds is 4. The van der Waals surface area contributed by atoms with Crippen molar-refractivity contribution in [1.29, 1.82) is 0 Å². The van der Waals surface area contributed by atoms with Crippen molar-refractivity contribution in [3.63, 3.8) is 0 Å². The molecular weight excluding hydrogens is 220 g/mol. The van der Waals surface area contributed by atoms with Gasteiger partial charge < -0.3 is 10.6 Å². The number of nitrogens with one attached hydrogen (secondary N) is 2. The van der Waals surface area contributed by atoms with Crippen LogP contribution in [0, 0.1) is 12.8 Å². The van der Waals surface area contributed by atoms with Gasteiger partial charge in [-0.15, -0.1) is 0 Å². The third kappa shape index (κ3) is 3.81. The zero-order valence-corrected chi connectivity index (χ0v) is 11.2. The second kappa shape index (κ2) is 5.84. The minimum atomic E-state index is 0.583. The highest BCUT2D eigenvalue weighted by atomic mass is 32.1. The van der Waals surface area contributed by atoms with E-state index in [0.29, 0.717) is 11.0 Å².